The van der Waals surface area contributed by atoms with Gasteiger partial charge in [0, 0.05) is 16.1 Å². The highest BCUT2D eigenvalue weighted by Gasteiger charge is 2.09. The number of thiocarbonyl (C=S) groups is 1. The average Bonchev–Trinajstić information content (AvgIpc) is 2.86. The number of rotatable bonds is 4. The number of nitrogens with one attached hydrogen (secondary N) is 2. The maximum absolute atomic E-state index is 11.9. The van der Waals surface area contributed by atoms with E-state index in [1.54, 1.807) is 35.9 Å². The standard InChI is InChI=1S/C14H13Cl2N5OS2/c1-8-18-19-14(24-2)21(8)20-13(23)17-12(22)6-4-9-3-5-10(15)7-11(9)16/h3-7H,1-2H3,(H2,17,20,22,23). The fourth-order valence-corrected chi connectivity index (χ4v) is 2.84. The van der Waals surface area contributed by atoms with Gasteiger partial charge >= 0.3 is 0 Å². The quantitative estimate of drug-likeness (QED) is 0.465. The summed E-state index contributed by atoms with van der Waals surface area (Å²) in [6, 6.07) is 5.01. The first kappa shape index (κ1) is 18.7. The van der Waals surface area contributed by atoms with Gasteiger partial charge in [0.05, 0.1) is 0 Å². The number of thioether (sulfide) groups is 1. The van der Waals surface area contributed by atoms with Gasteiger partial charge in [-0.3, -0.25) is 15.5 Å². The Bertz CT molecular complexity index is 806. The van der Waals surface area contributed by atoms with E-state index in [1.165, 1.54) is 17.8 Å². The van der Waals surface area contributed by atoms with E-state index in [1.807, 2.05) is 6.26 Å². The first-order valence-electron chi connectivity index (χ1n) is 6.62. The maximum Gasteiger partial charge on any atom is 0.250 e. The highest BCUT2D eigenvalue weighted by molar-refractivity contribution is 7.98. The van der Waals surface area contributed by atoms with Crippen molar-refractivity contribution >= 4 is 64.3 Å². The van der Waals surface area contributed by atoms with Crippen molar-refractivity contribution in [1.82, 2.24) is 20.2 Å². The molecule has 1 heterocycles. The monoisotopic (exact) mass is 401 g/mol. The van der Waals surface area contributed by atoms with Crippen molar-refractivity contribution in [2.24, 2.45) is 0 Å². The molecule has 6 nitrogen and oxygen atoms in total. The predicted molar refractivity (Wildman–Crippen MR) is 102 cm³/mol. The lowest BCUT2D eigenvalue weighted by molar-refractivity contribution is -0.115. The van der Waals surface area contributed by atoms with Crippen LogP contribution in [0.3, 0.4) is 0 Å². The van der Waals surface area contributed by atoms with Gasteiger partial charge in [-0.15, -0.1) is 10.2 Å². The molecule has 0 atom stereocenters. The Morgan fingerprint density at radius 3 is 2.79 bits per heavy atom. The minimum atomic E-state index is -0.394. The summed E-state index contributed by atoms with van der Waals surface area (Å²) in [7, 11) is 0. The molecular weight excluding hydrogens is 389 g/mol. The number of carbonyl (C=O) groups is 1. The van der Waals surface area contributed by atoms with E-state index in [-0.39, 0.29) is 5.11 Å². The number of benzene rings is 1. The molecule has 1 amide bonds. The molecule has 126 valence electrons. The highest BCUT2D eigenvalue weighted by atomic mass is 35.5. The molecule has 24 heavy (non-hydrogen) atoms. The Morgan fingerprint density at radius 2 is 2.12 bits per heavy atom. The van der Waals surface area contributed by atoms with Crippen molar-refractivity contribution in [2.75, 3.05) is 11.7 Å². The molecular formula is C14H13Cl2N5OS2. The van der Waals surface area contributed by atoms with E-state index < -0.39 is 5.91 Å². The molecule has 10 heteroatoms. The molecule has 0 spiro atoms. The van der Waals surface area contributed by atoms with Crippen LogP contribution < -0.4 is 10.7 Å². The van der Waals surface area contributed by atoms with Crippen LogP contribution in [0.5, 0.6) is 0 Å². The third-order valence-corrected chi connectivity index (χ3v) is 4.19. The van der Waals surface area contributed by atoms with Crippen LogP contribution in [0.4, 0.5) is 0 Å². The van der Waals surface area contributed by atoms with Crippen molar-refractivity contribution < 1.29 is 4.79 Å². The minimum Gasteiger partial charge on any atom is -0.298 e. The number of nitrogens with zero attached hydrogens (tertiary/aromatic N) is 3. The van der Waals surface area contributed by atoms with Gasteiger partial charge in [-0.2, -0.15) is 0 Å². The van der Waals surface area contributed by atoms with E-state index in [4.69, 9.17) is 35.4 Å². The third-order valence-electron chi connectivity index (χ3n) is 2.80. The van der Waals surface area contributed by atoms with Crippen LogP contribution in [0.2, 0.25) is 10.0 Å². The van der Waals surface area contributed by atoms with Crippen LogP contribution in [0.25, 0.3) is 6.08 Å². The highest BCUT2D eigenvalue weighted by Crippen LogP contribution is 2.21. The molecule has 2 aromatic rings. The molecule has 0 aliphatic carbocycles. The molecule has 2 rings (SSSR count). The third kappa shape index (κ3) is 4.94. The number of hydrogen-bond donors (Lipinski definition) is 2. The lowest BCUT2D eigenvalue weighted by Gasteiger charge is -2.11. The van der Waals surface area contributed by atoms with Crippen molar-refractivity contribution in [3.63, 3.8) is 0 Å². The van der Waals surface area contributed by atoms with E-state index in [0.717, 1.165) is 0 Å². The largest absolute Gasteiger partial charge is 0.298 e. The summed E-state index contributed by atoms with van der Waals surface area (Å²) in [6.07, 6.45) is 4.77. The summed E-state index contributed by atoms with van der Waals surface area (Å²) in [5.74, 6) is 0.231. The van der Waals surface area contributed by atoms with Gasteiger partial charge in [0.25, 0.3) is 0 Å². The first-order valence-corrected chi connectivity index (χ1v) is 9.00. The van der Waals surface area contributed by atoms with Crippen LogP contribution >= 0.6 is 47.2 Å². The Hall–Kier alpha value is -1.61. The molecule has 0 fully saturated rings. The number of carbonyl (C=O) groups excluding carboxylic acids is 1. The van der Waals surface area contributed by atoms with Crippen LogP contribution in [-0.2, 0) is 4.79 Å². The molecule has 0 radical (unpaired) electrons. The normalized spacial score (nSPS) is 10.8. The van der Waals surface area contributed by atoms with E-state index in [2.05, 4.69) is 20.9 Å². The van der Waals surface area contributed by atoms with Crippen LogP contribution in [0.1, 0.15) is 11.4 Å². The molecule has 0 unspecified atom stereocenters. The smallest absolute Gasteiger partial charge is 0.250 e. The van der Waals surface area contributed by atoms with Crippen LogP contribution in [-0.4, -0.2) is 32.1 Å². The summed E-state index contributed by atoms with van der Waals surface area (Å²) >= 11 is 18.4. The van der Waals surface area contributed by atoms with Gasteiger partial charge < -0.3 is 0 Å². The number of aryl methyl sites for hydroxylation is 1. The maximum atomic E-state index is 11.9. The van der Waals surface area contributed by atoms with Crippen molar-refractivity contribution in [2.45, 2.75) is 12.1 Å². The van der Waals surface area contributed by atoms with E-state index >= 15 is 0 Å². The van der Waals surface area contributed by atoms with Gasteiger partial charge in [0.2, 0.25) is 11.1 Å². The zero-order valence-corrected chi connectivity index (χ0v) is 15.9. The van der Waals surface area contributed by atoms with Crippen LogP contribution in [0.15, 0.2) is 29.4 Å². The Kier molecular flexibility index (Phi) is 6.61. The zero-order chi connectivity index (χ0) is 17.7. The second-order valence-electron chi connectivity index (χ2n) is 4.50. The number of halogens is 2. The van der Waals surface area contributed by atoms with Crippen molar-refractivity contribution in [3.8, 4) is 0 Å². The van der Waals surface area contributed by atoms with Crippen molar-refractivity contribution in [3.05, 3.63) is 45.7 Å². The first-order chi connectivity index (χ1) is 11.4. The Labute approximate surface area is 158 Å². The Balaban J connectivity index is 1.97. The number of aromatic nitrogens is 3. The molecule has 1 aromatic carbocycles. The lowest BCUT2D eigenvalue weighted by Crippen LogP contribution is -2.37. The molecule has 0 saturated carbocycles. The van der Waals surface area contributed by atoms with E-state index in [9.17, 15) is 4.79 Å². The average molecular weight is 402 g/mol. The fourth-order valence-electron chi connectivity index (χ4n) is 1.69. The topological polar surface area (TPSA) is 71.8 Å². The lowest BCUT2D eigenvalue weighted by atomic mass is 10.2. The summed E-state index contributed by atoms with van der Waals surface area (Å²) in [4.78, 5) is 11.9. The summed E-state index contributed by atoms with van der Waals surface area (Å²) in [5.41, 5.74) is 3.53. The molecule has 0 saturated heterocycles. The van der Waals surface area contributed by atoms with Gasteiger partial charge in [0.15, 0.2) is 5.11 Å². The van der Waals surface area contributed by atoms with Gasteiger partial charge in [-0.25, -0.2) is 4.68 Å². The SMILES string of the molecule is CSc1nnc(C)n1NC(=S)NC(=O)C=Cc1ccc(Cl)cc1Cl. The van der Waals surface area contributed by atoms with Gasteiger partial charge in [-0.1, -0.05) is 41.0 Å². The predicted octanol–water partition coefficient (Wildman–Crippen LogP) is 3.27. The van der Waals surface area contributed by atoms with Crippen LogP contribution in [0, 0.1) is 6.92 Å². The molecule has 0 aliphatic rings. The number of hydrogen-bond acceptors (Lipinski definition) is 5. The zero-order valence-electron chi connectivity index (χ0n) is 12.7. The summed E-state index contributed by atoms with van der Waals surface area (Å²) in [5, 5.41) is 12.2. The minimum absolute atomic E-state index is 0.130. The second kappa shape index (κ2) is 8.48. The molecule has 0 bridgehead atoms. The van der Waals surface area contributed by atoms with Gasteiger partial charge in [0.1, 0.15) is 5.82 Å². The van der Waals surface area contributed by atoms with E-state index in [0.29, 0.717) is 26.6 Å². The molecule has 2 N–H and O–H groups in total. The molecule has 0 aliphatic heterocycles. The summed E-state index contributed by atoms with van der Waals surface area (Å²) in [6.45, 7) is 1.77. The fraction of sp³-hybridized carbons (Fsp3) is 0.143. The van der Waals surface area contributed by atoms with Crippen molar-refractivity contribution in [1.29, 1.82) is 0 Å². The second-order valence-corrected chi connectivity index (χ2v) is 6.52. The Morgan fingerprint density at radius 1 is 1.38 bits per heavy atom. The summed E-state index contributed by atoms with van der Waals surface area (Å²) < 4.78 is 1.59. The van der Waals surface area contributed by atoms with Gasteiger partial charge in [-0.05, 0) is 49.2 Å². The number of amides is 1. The molecule has 1 aromatic heterocycles.